The fourth-order valence-electron chi connectivity index (χ4n) is 3.18. The number of piperidine rings is 1. The summed E-state index contributed by atoms with van der Waals surface area (Å²) in [5.74, 6) is 0. The van der Waals surface area contributed by atoms with Crippen LogP contribution in [-0.2, 0) is 0 Å². The summed E-state index contributed by atoms with van der Waals surface area (Å²) in [5.41, 5.74) is 0. The van der Waals surface area contributed by atoms with E-state index in [2.05, 4.69) is 23.9 Å². The smallest absolute Gasteiger partial charge is 0.0217 e. The highest BCUT2D eigenvalue weighted by Crippen LogP contribution is 2.25. The van der Waals surface area contributed by atoms with Gasteiger partial charge in [0.05, 0.1) is 0 Å². The molecule has 0 N–H and O–H groups in total. The van der Waals surface area contributed by atoms with Gasteiger partial charge in [-0.25, -0.2) is 0 Å². The van der Waals surface area contributed by atoms with Crippen LogP contribution >= 0.6 is 0 Å². The van der Waals surface area contributed by atoms with E-state index in [1.165, 1.54) is 58.0 Å². The number of rotatable bonds is 2. The molecule has 0 spiro atoms. The molecule has 0 aromatic carbocycles. The zero-order valence-electron chi connectivity index (χ0n) is 10.4. The first-order valence-electron chi connectivity index (χ1n) is 6.68. The molecule has 15 heavy (non-hydrogen) atoms. The second kappa shape index (κ2) is 5.31. The lowest BCUT2D eigenvalue weighted by molar-refractivity contribution is 0.0786. The van der Waals surface area contributed by atoms with Crippen LogP contribution in [0.3, 0.4) is 0 Å². The highest BCUT2D eigenvalue weighted by atomic mass is 15.2. The molecule has 0 aromatic heterocycles. The van der Waals surface area contributed by atoms with Crippen molar-refractivity contribution in [3.63, 3.8) is 0 Å². The van der Waals surface area contributed by atoms with E-state index in [1.54, 1.807) is 0 Å². The predicted molar refractivity (Wildman–Crippen MR) is 65.2 cm³/mol. The molecule has 2 rings (SSSR count). The van der Waals surface area contributed by atoms with Gasteiger partial charge in [0.1, 0.15) is 0 Å². The van der Waals surface area contributed by atoms with Gasteiger partial charge in [-0.1, -0.05) is 19.3 Å². The van der Waals surface area contributed by atoms with E-state index in [1.807, 2.05) is 0 Å². The van der Waals surface area contributed by atoms with Gasteiger partial charge in [0.15, 0.2) is 0 Å². The maximum Gasteiger partial charge on any atom is 0.0217 e. The molecule has 2 aliphatic rings. The minimum atomic E-state index is 0.806. The summed E-state index contributed by atoms with van der Waals surface area (Å²) in [7, 11) is 4.46. The van der Waals surface area contributed by atoms with Crippen LogP contribution in [0.1, 0.15) is 44.9 Å². The fraction of sp³-hybridized carbons (Fsp3) is 1.00. The highest BCUT2D eigenvalue weighted by Gasteiger charge is 2.27. The van der Waals surface area contributed by atoms with Crippen LogP contribution in [0.15, 0.2) is 0 Å². The van der Waals surface area contributed by atoms with Crippen LogP contribution in [0.25, 0.3) is 0 Å². The van der Waals surface area contributed by atoms with Crippen LogP contribution in [0, 0.1) is 0 Å². The zero-order chi connectivity index (χ0) is 10.7. The van der Waals surface area contributed by atoms with Crippen molar-refractivity contribution in [2.24, 2.45) is 0 Å². The average Bonchev–Trinajstić information content (AvgIpc) is 2.30. The van der Waals surface area contributed by atoms with E-state index in [0.717, 1.165) is 12.1 Å². The second-order valence-corrected chi connectivity index (χ2v) is 5.55. The lowest BCUT2D eigenvalue weighted by atomic mass is 9.92. The Balaban J connectivity index is 1.85. The van der Waals surface area contributed by atoms with Crippen molar-refractivity contribution in [3.05, 3.63) is 0 Å². The molecule has 88 valence electrons. The van der Waals surface area contributed by atoms with Crippen LogP contribution in [0.2, 0.25) is 0 Å². The van der Waals surface area contributed by atoms with E-state index in [-0.39, 0.29) is 0 Å². The highest BCUT2D eigenvalue weighted by molar-refractivity contribution is 4.84. The first-order chi connectivity index (χ1) is 7.27. The molecule has 0 bridgehead atoms. The van der Waals surface area contributed by atoms with Gasteiger partial charge in [0.2, 0.25) is 0 Å². The van der Waals surface area contributed by atoms with Gasteiger partial charge in [-0.15, -0.1) is 0 Å². The third-order valence-electron chi connectivity index (χ3n) is 4.25. The van der Waals surface area contributed by atoms with E-state index in [4.69, 9.17) is 0 Å². The summed E-state index contributed by atoms with van der Waals surface area (Å²) < 4.78 is 0. The molecule has 1 aliphatic carbocycles. The number of hydrogen-bond donors (Lipinski definition) is 0. The lowest BCUT2D eigenvalue weighted by Gasteiger charge is -2.41. The quantitative estimate of drug-likeness (QED) is 0.690. The molecule has 1 saturated carbocycles. The first kappa shape index (κ1) is 11.4. The van der Waals surface area contributed by atoms with Crippen molar-refractivity contribution in [2.75, 3.05) is 27.2 Å². The largest absolute Gasteiger partial charge is 0.305 e. The summed E-state index contributed by atoms with van der Waals surface area (Å²) in [6, 6.07) is 1.72. The Morgan fingerprint density at radius 3 is 2.33 bits per heavy atom. The summed E-state index contributed by atoms with van der Waals surface area (Å²) >= 11 is 0. The van der Waals surface area contributed by atoms with Crippen LogP contribution in [-0.4, -0.2) is 49.1 Å². The van der Waals surface area contributed by atoms with E-state index in [9.17, 15) is 0 Å². The first-order valence-corrected chi connectivity index (χ1v) is 6.68. The molecule has 2 nitrogen and oxygen atoms in total. The Hall–Kier alpha value is -0.0800. The molecule has 0 amide bonds. The summed E-state index contributed by atoms with van der Waals surface area (Å²) in [6.07, 6.45) is 10.1. The lowest BCUT2D eigenvalue weighted by Crippen LogP contribution is -2.49. The average molecular weight is 210 g/mol. The van der Waals surface area contributed by atoms with Crippen LogP contribution in [0.5, 0.6) is 0 Å². The van der Waals surface area contributed by atoms with Gasteiger partial charge < -0.3 is 4.90 Å². The van der Waals surface area contributed by atoms with Gasteiger partial charge in [-0.3, -0.25) is 4.90 Å². The standard InChI is InChI=1S/C13H26N2/c1-14(2)13-9-6-10-15(11-13)12-7-4-3-5-8-12/h12-13H,3-11H2,1-2H3/t13-/m0/s1. The van der Waals surface area contributed by atoms with Crippen LogP contribution < -0.4 is 0 Å². The minimum absolute atomic E-state index is 0.806. The molecular formula is C13H26N2. The van der Waals surface area contributed by atoms with Gasteiger partial charge in [0, 0.05) is 18.6 Å². The Kier molecular flexibility index (Phi) is 4.04. The van der Waals surface area contributed by atoms with Crippen molar-refractivity contribution < 1.29 is 0 Å². The van der Waals surface area contributed by atoms with Crippen molar-refractivity contribution in [1.29, 1.82) is 0 Å². The summed E-state index contributed by atoms with van der Waals surface area (Å²) in [5, 5.41) is 0. The van der Waals surface area contributed by atoms with Gasteiger partial charge >= 0.3 is 0 Å². The summed E-state index contributed by atoms with van der Waals surface area (Å²) in [4.78, 5) is 5.18. The molecule has 0 aromatic rings. The van der Waals surface area contributed by atoms with Crippen molar-refractivity contribution in [2.45, 2.75) is 57.0 Å². The molecule has 1 aliphatic heterocycles. The Bertz CT molecular complexity index is 185. The molecule has 0 unspecified atom stereocenters. The Labute approximate surface area is 94.6 Å². The van der Waals surface area contributed by atoms with Crippen LogP contribution in [0.4, 0.5) is 0 Å². The van der Waals surface area contributed by atoms with E-state index >= 15 is 0 Å². The van der Waals surface area contributed by atoms with E-state index < -0.39 is 0 Å². The van der Waals surface area contributed by atoms with Gasteiger partial charge in [-0.2, -0.15) is 0 Å². The minimum Gasteiger partial charge on any atom is -0.305 e. The molecule has 1 saturated heterocycles. The monoisotopic (exact) mass is 210 g/mol. The van der Waals surface area contributed by atoms with E-state index in [0.29, 0.717) is 0 Å². The zero-order valence-corrected chi connectivity index (χ0v) is 10.4. The van der Waals surface area contributed by atoms with Crippen molar-refractivity contribution in [1.82, 2.24) is 9.80 Å². The fourth-order valence-corrected chi connectivity index (χ4v) is 3.18. The SMILES string of the molecule is CN(C)[C@H]1CCCN(C2CCCCC2)C1. The van der Waals surface area contributed by atoms with Gasteiger partial charge in [-0.05, 0) is 46.3 Å². The third-order valence-corrected chi connectivity index (χ3v) is 4.25. The maximum absolute atomic E-state index is 2.77. The van der Waals surface area contributed by atoms with Gasteiger partial charge in [0.25, 0.3) is 0 Å². The number of nitrogens with zero attached hydrogens (tertiary/aromatic N) is 2. The molecule has 1 atom stereocenters. The third kappa shape index (κ3) is 2.94. The normalized spacial score (nSPS) is 31.0. The molecule has 1 heterocycles. The number of likely N-dealkylation sites (tertiary alicyclic amines) is 1. The topological polar surface area (TPSA) is 6.48 Å². The Morgan fingerprint density at radius 1 is 0.933 bits per heavy atom. The summed E-state index contributed by atoms with van der Waals surface area (Å²) in [6.45, 7) is 2.67. The molecule has 2 heteroatoms. The van der Waals surface area contributed by atoms with Crippen molar-refractivity contribution >= 4 is 0 Å². The van der Waals surface area contributed by atoms with Crippen molar-refractivity contribution in [3.8, 4) is 0 Å². The maximum atomic E-state index is 2.77. The predicted octanol–water partition coefficient (Wildman–Crippen LogP) is 2.35. The molecule has 0 radical (unpaired) electrons. The molecule has 2 fully saturated rings. The second-order valence-electron chi connectivity index (χ2n) is 5.55. The number of likely N-dealkylation sites (N-methyl/N-ethyl adjacent to an activating group) is 1. The Morgan fingerprint density at radius 2 is 1.67 bits per heavy atom. The number of hydrogen-bond acceptors (Lipinski definition) is 2. The molecular weight excluding hydrogens is 184 g/mol.